The molecule has 1 fully saturated rings. The van der Waals surface area contributed by atoms with E-state index >= 15 is 0 Å². The molecule has 0 aliphatic carbocycles. The van der Waals surface area contributed by atoms with Crippen molar-refractivity contribution in [3.8, 4) is 0 Å². The van der Waals surface area contributed by atoms with Crippen LogP contribution in [0.25, 0.3) is 0 Å². The van der Waals surface area contributed by atoms with Crippen LogP contribution < -0.4 is 0 Å². The minimum Gasteiger partial charge on any atom is -0.299 e. The third-order valence-electron chi connectivity index (χ3n) is 2.86. The third kappa shape index (κ3) is 2.10. The van der Waals surface area contributed by atoms with E-state index in [0.717, 1.165) is 13.0 Å². The zero-order chi connectivity index (χ0) is 9.84. The monoisotopic (exact) mass is 177 g/mol. The van der Waals surface area contributed by atoms with E-state index < -0.39 is 0 Å². The van der Waals surface area contributed by atoms with Gasteiger partial charge in [0.1, 0.15) is 0 Å². The Morgan fingerprint density at radius 2 is 2.23 bits per heavy atom. The molecule has 1 aliphatic rings. The first-order valence-corrected chi connectivity index (χ1v) is 4.89. The maximum atomic E-state index is 3.76. The van der Waals surface area contributed by atoms with Crippen molar-refractivity contribution in [3.63, 3.8) is 0 Å². The number of rotatable bonds is 1. The van der Waals surface area contributed by atoms with E-state index in [4.69, 9.17) is 0 Å². The largest absolute Gasteiger partial charge is 0.299 e. The van der Waals surface area contributed by atoms with Gasteiger partial charge in [-0.3, -0.25) is 4.90 Å². The van der Waals surface area contributed by atoms with Crippen LogP contribution in [0.1, 0.15) is 20.3 Å². The van der Waals surface area contributed by atoms with Gasteiger partial charge in [-0.2, -0.15) is 0 Å². The zero-order valence-electron chi connectivity index (χ0n) is 8.88. The molecule has 0 N–H and O–H groups in total. The quantitative estimate of drug-likeness (QED) is 0.595. The molecule has 1 heterocycles. The predicted octanol–water partition coefficient (Wildman–Crippen LogP) is 2.77. The highest BCUT2D eigenvalue weighted by atomic mass is 15.1. The lowest BCUT2D eigenvalue weighted by Gasteiger charge is -2.34. The van der Waals surface area contributed by atoms with Gasteiger partial charge in [0, 0.05) is 12.6 Å². The van der Waals surface area contributed by atoms with E-state index in [9.17, 15) is 0 Å². The summed E-state index contributed by atoms with van der Waals surface area (Å²) in [5.41, 5.74) is 2.90. The lowest BCUT2D eigenvalue weighted by Crippen LogP contribution is -2.36. The molecule has 1 heteroatoms. The van der Waals surface area contributed by atoms with Gasteiger partial charge < -0.3 is 0 Å². The average Bonchev–Trinajstić information content (AvgIpc) is 2.14. The second kappa shape index (κ2) is 4.43. The molecule has 1 saturated heterocycles. The first kappa shape index (κ1) is 10.3. The van der Waals surface area contributed by atoms with Crippen LogP contribution in [0, 0.1) is 0 Å². The molecule has 1 nitrogen and oxygen atoms in total. The summed E-state index contributed by atoms with van der Waals surface area (Å²) >= 11 is 0. The van der Waals surface area contributed by atoms with Gasteiger partial charge in [-0.1, -0.05) is 24.8 Å². The molecule has 0 saturated carbocycles. The summed E-state index contributed by atoms with van der Waals surface area (Å²) in [6.45, 7) is 9.29. The Morgan fingerprint density at radius 3 is 2.77 bits per heavy atom. The summed E-state index contributed by atoms with van der Waals surface area (Å²) in [5, 5.41) is 0. The van der Waals surface area contributed by atoms with Gasteiger partial charge in [0.2, 0.25) is 0 Å². The molecule has 0 bridgehead atoms. The highest BCUT2D eigenvalue weighted by Gasteiger charge is 2.21. The van der Waals surface area contributed by atoms with E-state index in [2.05, 4.69) is 44.5 Å². The molecule has 0 amide bonds. The molecule has 1 unspecified atom stereocenters. The molecular weight excluding hydrogens is 158 g/mol. The van der Waals surface area contributed by atoms with Gasteiger partial charge in [-0.25, -0.2) is 0 Å². The molecule has 72 valence electrons. The fraction of sp³-hybridized carbons (Fsp3) is 0.500. The predicted molar refractivity (Wildman–Crippen MR) is 58.7 cm³/mol. The lowest BCUT2D eigenvalue weighted by atomic mass is 9.91. The Bertz CT molecular complexity index is 248. The van der Waals surface area contributed by atoms with Crippen LogP contribution in [-0.4, -0.2) is 24.5 Å². The Hall–Kier alpha value is -0.820. The van der Waals surface area contributed by atoms with Crippen molar-refractivity contribution in [2.24, 2.45) is 0 Å². The summed E-state index contributed by atoms with van der Waals surface area (Å²) in [6, 6.07) is 0.526. The Morgan fingerprint density at radius 1 is 1.54 bits per heavy atom. The number of likely N-dealkylation sites (tertiary alicyclic amines) is 1. The summed E-state index contributed by atoms with van der Waals surface area (Å²) in [5.74, 6) is 0. The average molecular weight is 177 g/mol. The van der Waals surface area contributed by atoms with Crippen molar-refractivity contribution < 1.29 is 0 Å². The van der Waals surface area contributed by atoms with Crippen LogP contribution in [0.5, 0.6) is 0 Å². The molecule has 0 aromatic rings. The summed E-state index contributed by atoms with van der Waals surface area (Å²) in [6.07, 6.45) is 7.40. The molecule has 1 aliphatic heterocycles. The topological polar surface area (TPSA) is 3.24 Å². The van der Waals surface area contributed by atoms with Crippen LogP contribution in [0.3, 0.4) is 0 Å². The van der Waals surface area contributed by atoms with Crippen molar-refractivity contribution in [1.82, 2.24) is 4.90 Å². The van der Waals surface area contributed by atoms with Gasteiger partial charge in [-0.05, 0) is 38.5 Å². The highest BCUT2D eigenvalue weighted by molar-refractivity contribution is 5.38. The number of likely N-dealkylation sites (N-methyl/N-ethyl adjacent to an activating group) is 1. The highest BCUT2D eigenvalue weighted by Crippen LogP contribution is 2.26. The van der Waals surface area contributed by atoms with Crippen LogP contribution in [0.4, 0.5) is 0 Å². The maximum absolute atomic E-state index is 3.76. The van der Waals surface area contributed by atoms with Crippen molar-refractivity contribution in [2.45, 2.75) is 26.3 Å². The van der Waals surface area contributed by atoms with E-state index in [1.54, 1.807) is 0 Å². The fourth-order valence-electron chi connectivity index (χ4n) is 1.82. The summed E-state index contributed by atoms with van der Waals surface area (Å²) < 4.78 is 0. The van der Waals surface area contributed by atoms with Crippen molar-refractivity contribution in [1.29, 1.82) is 0 Å². The minimum absolute atomic E-state index is 0.526. The molecule has 13 heavy (non-hydrogen) atoms. The third-order valence-corrected chi connectivity index (χ3v) is 2.86. The van der Waals surface area contributed by atoms with E-state index in [-0.39, 0.29) is 0 Å². The summed E-state index contributed by atoms with van der Waals surface area (Å²) in [7, 11) is 2.17. The molecule has 0 spiro atoms. The molecular formula is C12H19N. The van der Waals surface area contributed by atoms with Gasteiger partial charge in [0.15, 0.2) is 0 Å². The normalized spacial score (nSPS) is 31.2. The second-order valence-electron chi connectivity index (χ2n) is 3.58. The minimum atomic E-state index is 0.526. The lowest BCUT2D eigenvalue weighted by molar-refractivity contribution is 0.272. The van der Waals surface area contributed by atoms with Crippen LogP contribution in [0.2, 0.25) is 0 Å². The molecule has 0 radical (unpaired) electrons. The van der Waals surface area contributed by atoms with Gasteiger partial charge in [0.25, 0.3) is 0 Å². The number of nitrogens with zero attached hydrogens (tertiary/aromatic N) is 1. The Kier molecular flexibility index (Phi) is 3.49. The van der Waals surface area contributed by atoms with Crippen molar-refractivity contribution in [3.05, 3.63) is 36.0 Å². The van der Waals surface area contributed by atoms with Crippen molar-refractivity contribution >= 4 is 0 Å². The number of hydrogen-bond donors (Lipinski definition) is 0. The van der Waals surface area contributed by atoms with Gasteiger partial charge in [0.05, 0.1) is 0 Å². The SMILES string of the molecule is C=C/C=C1\C(=C/C)CCN(C)C1C. The Balaban J connectivity index is 2.94. The van der Waals surface area contributed by atoms with Crippen LogP contribution in [0.15, 0.2) is 36.0 Å². The number of hydrogen-bond acceptors (Lipinski definition) is 1. The van der Waals surface area contributed by atoms with Crippen LogP contribution >= 0.6 is 0 Å². The molecule has 0 aromatic heterocycles. The number of piperidine rings is 1. The van der Waals surface area contributed by atoms with Crippen molar-refractivity contribution in [2.75, 3.05) is 13.6 Å². The van der Waals surface area contributed by atoms with Crippen LogP contribution in [-0.2, 0) is 0 Å². The molecule has 0 aromatic carbocycles. The zero-order valence-corrected chi connectivity index (χ0v) is 8.88. The van der Waals surface area contributed by atoms with Gasteiger partial charge >= 0.3 is 0 Å². The number of allylic oxidation sites excluding steroid dienone is 3. The molecule has 1 atom stereocenters. The van der Waals surface area contributed by atoms with E-state index in [0.29, 0.717) is 6.04 Å². The maximum Gasteiger partial charge on any atom is 0.0319 e. The first-order chi connectivity index (χ1) is 6.20. The first-order valence-electron chi connectivity index (χ1n) is 4.89. The van der Waals surface area contributed by atoms with E-state index in [1.165, 1.54) is 11.1 Å². The fourth-order valence-corrected chi connectivity index (χ4v) is 1.82. The standard InChI is InChI=1S/C12H19N/c1-5-7-12-10(3)13(4)9-8-11(12)6-2/h5-7,10H,1,8-9H2,2-4H3/b11-6-,12-7-. The summed E-state index contributed by atoms with van der Waals surface area (Å²) in [4.78, 5) is 2.38. The molecule has 1 rings (SSSR count). The second-order valence-corrected chi connectivity index (χ2v) is 3.58. The Labute approximate surface area is 81.4 Å². The smallest absolute Gasteiger partial charge is 0.0319 e. The van der Waals surface area contributed by atoms with Gasteiger partial charge in [-0.15, -0.1) is 0 Å². The van der Waals surface area contributed by atoms with E-state index in [1.807, 2.05) is 6.08 Å².